The third kappa shape index (κ3) is 51.7. The van der Waals surface area contributed by atoms with Gasteiger partial charge >= 0.3 is 5.97 Å². The zero-order valence-corrected chi connectivity index (χ0v) is 21.3. The number of rotatable bonds is 16. The van der Waals surface area contributed by atoms with Gasteiger partial charge in [0, 0.05) is 6.42 Å². The van der Waals surface area contributed by atoms with Gasteiger partial charge in [0.05, 0.1) is 24.7 Å². The molecule has 0 bridgehead atoms. The molecule has 0 aromatic carbocycles. The van der Waals surface area contributed by atoms with Crippen LogP contribution in [-0.4, -0.2) is 71.9 Å². The average Bonchev–Trinajstić information content (AvgIpc) is 2.60. The van der Waals surface area contributed by atoms with Crippen molar-refractivity contribution in [3.63, 3.8) is 0 Å². The summed E-state index contributed by atoms with van der Waals surface area (Å²) in [6, 6.07) is 0. The number of aliphatic hydroxyl groups excluding tert-OH is 2. The van der Waals surface area contributed by atoms with Crippen molar-refractivity contribution in [2.45, 2.75) is 109 Å². The van der Waals surface area contributed by atoms with Crippen LogP contribution in [0.1, 0.15) is 96.8 Å². The van der Waals surface area contributed by atoms with E-state index in [2.05, 4.69) is 6.92 Å². The largest absolute Gasteiger partial charge is 0.481 e. The molecule has 32 heavy (non-hydrogen) atoms. The van der Waals surface area contributed by atoms with Crippen molar-refractivity contribution in [3.05, 3.63) is 0 Å². The van der Waals surface area contributed by atoms with Crippen molar-refractivity contribution >= 4 is 26.2 Å². The van der Waals surface area contributed by atoms with Crippen LogP contribution in [-0.2, 0) is 25.0 Å². The smallest absolute Gasteiger partial charge is 0.303 e. The zero-order chi connectivity index (χ0) is 25.6. The summed E-state index contributed by atoms with van der Waals surface area (Å²) in [6.07, 6.45) is 13.6. The van der Waals surface area contributed by atoms with Crippen molar-refractivity contribution in [1.82, 2.24) is 0 Å². The third-order valence-electron chi connectivity index (χ3n) is 4.19. The molecule has 0 aliphatic carbocycles. The molecule has 0 fully saturated rings. The molecule has 0 heterocycles. The van der Waals surface area contributed by atoms with Gasteiger partial charge in [-0.25, -0.2) is 0 Å². The molecule has 2 atom stereocenters. The highest BCUT2D eigenvalue weighted by molar-refractivity contribution is 7.85. The van der Waals surface area contributed by atoms with Crippen molar-refractivity contribution in [3.8, 4) is 0 Å². The maximum Gasteiger partial charge on any atom is 0.303 e. The minimum absolute atomic E-state index is 0.250. The Morgan fingerprint density at radius 3 is 1.25 bits per heavy atom. The van der Waals surface area contributed by atoms with Crippen LogP contribution in [0.2, 0.25) is 0 Å². The fraction of sp³-hybridized carbons (Fsp3) is 0.950. The lowest BCUT2D eigenvalue weighted by Gasteiger charge is -2.17. The fourth-order valence-electron chi connectivity index (χ4n) is 2.68. The van der Waals surface area contributed by atoms with Crippen molar-refractivity contribution in [2.75, 3.05) is 12.5 Å². The van der Waals surface area contributed by atoms with Crippen LogP contribution < -0.4 is 0 Å². The molecule has 5 N–H and O–H groups in total. The van der Waals surface area contributed by atoms with Gasteiger partial charge in [-0.2, -0.15) is 16.8 Å². The number of hydrogen-bond donors (Lipinski definition) is 5. The molecular formula is C20H44O10S2. The quantitative estimate of drug-likeness (QED) is 0.153. The maximum atomic E-state index is 10.4. The number of carboxylic acid groups (broad SMARTS) is 1. The van der Waals surface area contributed by atoms with Gasteiger partial charge in [-0.15, -0.1) is 0 Å². The summed E-state index contributed by atoms with van der Waals surface area (Å²) >= 11 is 0. The number of aliphatic carboxylic acids is 1. The summed E-state index contributed by atoms with van der Waals surface area (Å²) in [5.41, 5.74) is 0. The standard InChI is InChI=1S/C18H36O4.2CH4O3S/c1-2-3-4-5-7-10-13-16(19)17(20)14-11-8-6-9-12-15-18(21)22;2*1-5(2,3)4/h16-17,19-20H,2-15H2,1H3,(H,21,22);2*1H3,(H,2,3,4). The van der Waals surface area contributed by atoms with E-state index in [1.807, 2.05) is 0 Å². The molecule has 0 radical (unpaired) electrons. The van der Waals surface area contributed by atoms with Gasteiger partial charge in [0.25, 0.3) is 20.2 Å². The topological polar surface area (TPSA) is 186 Å². The highest BCUT2D eigenvalue weighted by Crippen LogP contribution is 2.15. The van der Waals surface area contributed by atoms with Gasteiger partial charge in [-0.05, 0) is 19.3 Å². The molecule has 0 amide bonds. The molecule has 0 spiro atoms. The molecule has 2 unspecified atom stereocenters. The minimum atomic E-state index is -3.67. The van der Waals surface area contributed by atoms with Crippen LogP contribution in [0.3, 0.4) is 0 Å². The van der Waals surface area contributed by atoms with Crippen LogP contribution in [0.25, 0.3) is 0 Å². The number of carbonyl (C=O) groups is 1. The third-order valence-corrected chi connectivity index (χ3v) is 4.19. The lowest BCUT2D eigenvalue weighted by molar-refractivity contribution is -0.137. The van der Waals surface area contributed by atoms with E-state index in [9.17, 15) is 31.8 Å². The van der Waals surface area contributed by atoms with E-state index in [-0.39, 0.29) is 6.42 Å². The Morgan fingerprint density at radius 1 is 0.656 bits per heavy atom. The van der Waals surface area contributed by atoms with E-state index in [4.69, 9.17) is 14.2 Å². The predicted octanol–water partition coefficient (Wildman–Crippen LogP) is 3.28. The molecular weight excluding hydrogens is 464 g/mol. The van der Waals surface area contributed by atoms with Gasteiger partial charge in [-0.3, -0.25) is 13.9 Å². The second-order valence-electron chi connectivity index (χ2n) is 7.86. The predicted molar refractivity (Wildman–Crippen MR) is 125 cm³/mol. The van der Waals surface area contributed by atoms with Crippen LogP contribution in [0, 0.1) is 0 Å². The summed E-state index contributed by atoms with van der Waals surface area (Å²) < 4.78 is 51.7. The van der Waals surface area contributed by atoms with Gasteiger partial charge in [-0.1, -0.05) is 71.1 Å². The summed E-state index contributed by atoms with van der Waals surface area (Å²) in [5, 5.41) is 28.3. The zero-order valence-electron chi connectivity index (χ0n) is 19.6. The highest BCUT2D eigenvalue weighted by atomic mass is 32.2. The Labute approximate surface area is 193 Å². The first-order valence-electron chi connectivity index (χ1n) is 11.0. The Morgan fingerprint density at radius 2 is 0.938 bits per heavy atom. The number of carboxylic acids is 1. The maximum absolute atomic E-state index is 10.4. The van der Waals surface area contributed by atoms with Crippen LogP contribution in [0.15, 0.2) is 0 Å². The molecule has 0 saturated heterocycles. The van der Waals surface area contributed by atoms with Gasteiger partial charge in [0.15, 0.2) is 0 Å². The number of hydrogen-bond acceptors (Lipinski definition) is 7. The summed E-state index contributed by atoms with van der Waals surface area (Å²) in [4.78, 5) is 10.4. The molecule has 0 aliphatic rings. The Bertz CT molecular complexity index is 587. The SMILES string of the molecule is CCCCCCCCC(O)C(O)CCCCCCCC(=O)O.CS(=O)(=O)O.CS(=O)(=O)O. The average molecular weight is 509 g/mol. The number of unbranched alkanes of at least 4 members (excludes halogenated alkanes) is 9. The molecule has 10 nitrogen and oxygen atoms in total. The summed E-state index contributed by atoms with van der Waals surface area (Å²) in [5.74, 6) is -0.728. The van der Waals surface area contributed by atoms with Gasteiger partial charge in [0.1, 0.15) is 0 Å². The van der Waals surface area contributed by atoms with Crippen molar-refractivity contribution in [1.29, 1.82) is 0 Å². The van der Waals surface area contributed by atoms with E-state index in [1.165, 1.54) is 25.7 Å². The number of aliphatic hydroxyl groups is 2. The lowest BCUT2D eigenvalue weighted by Crippen LogP contribution is -2.25. The van der Waals surface area contributed by atoms with E-state index >= 15 is 0 Å². The van der Waals surface area contributed by atoms with E-state index in [0.29, 0.717) is 25.4 Å². The first kappa shape index (κ1) is 35.8. The normalized spacial score (nSPS) is 13.2. The Kier molecular flexibility index (Phi) is 24.6. The Hall–Kier alpha value is -0.790. The molecule has 0 aromatic rings. The van der Waals surface area contributed by atoms with Crippen LogP contribution in [0.4, 0.5) is 0 Å². The van der Waals surface area contributed by atoms with E-state index in [1.54, 1.807) is 0 Å². The first-order chi connectivity index (χ1) is 14.6. The Balaban J connectivity index is -0.000000695. The molecule has 0 aliphatic heterocycles. The highest BCUT2D eigenvalue weighted by Gasteiger charge is 2.15. The summed E-state index contributed by atoms with van der Waals surface area (Å²) in [6.45, 7) is 2.20. The van der Waals surface area contributed by atoms with Crippen molar-refractivity contribution < 1.29 is 46.1 Å². The van der Waals surface area contributed by atoms with Gasteiger partial charge in [0.2, 0.25) is 0 Å². The molecule has 0 saturated carbocycles. The van der Waals surface area contributed by atoms with Crippen LogP contribution in [0.5, 0.6) is 0 Å². The van der Waals surface area contributed by atoms with Gasteiger partial charge < -0.3 is 15.3 Å². The molecule has 12 heteroatoms. The van der Waals surface area contributed by atoms with E-state index < -0.39 is 38.4 Å². The fourth-order valence-corrected chi connectivity index (χ4v) is 2.68. The summed E-state index contributed by atoms with van der Waals surface area (Å²) in [7, 11) is -7.33. The van der Waals surface area contributed by atoms with Crippen LogP contribution >= 0.6 is 0 Å². The second kappa shape index (κ2) is 22.0. The van der Waals surface area contributed by atoms with E-state index in [0.717, 1.165) is 44.9 Å². The lowest BCUT2D eigenvalue weighted by atomic mass is 9.99. The molecule has 0 rings (SSSR count). The minimum Gasteiger partial charge on any atom is -0.481 e. The van der Waals surface area contributed by atoms with Crippen molar-refractivity contribution in [2.24, 2.45) is 0 Å². The molecule has 0 aromatic heterocycles. The first-order valence-corrected chi connectivity index (χ1v) is 14.7. The second-order valence-corrected chi connectivity index (χ2v) is 10.8. The molecule has 196 valence electrons. The monoisotopic (exact) mass is 508 g/mol.